The molecule has 266 valence electrons. The molecule has 46 heavy (non-hydrogen) atoms. The predicted octanol–water partition coefficient (Wildman–Crippen LogP) is 4.36. The summed E-state index contributed by atoms with van der Waals surface area (Å²) in [5.74, 6) is -2.94. The van der Waals surface area contributed by atoms with Crippen molar-refractivity contribution in [3.8, 4) is 0 Å². The summed E-state index contributed by atoms with van der Waals surface area (Å²) in [6, 6.07) is 0. The monoisotopic (exact) mass is 657 g/mol. The predicted molar refractivity (Wildman–Crippen MR) is 167 cm³/mol. The normalized spacial score (nSPS) is 27.1. The number of rotatable bonds is 8. The summed E-state index contributed by atoms with van der Waals surface area (Å²) in [4.78, 5) is 40.5. The van der Waals surface area contributed by atoms with Crippen molar-refractivity contribution < 1.29 is 49.3 Å². The third-order valence-electron chi connectivity index (χ3n) is 9.93. The summed E-state index contributed by atoms with van der Waals surface area (Å²) in [7, 11) is 0. The van der Waals surface area contributed by atoms with Crippen molar-refractivity contribution in [2.45, 2.75) is 192 Å². The van der Waals surface area contributed by atoms with Crippen LogP contribution >= 0.6 is 0 Å². The van der Waals surface area contributed by atoms with E-state index >= 15 is 0 Å². The van der Waals surface area contributed by atoms with Gasteiger partial charge in [0.15, 0.2) is 5.60 Å². The molecular weight excluding hydrogens is 598 g/mol. The van der Waals surface area contributed by atoms with Gasteiger partial charge in [0, 0.05) is 71.8 Å². The molecule has 0 spiro atoms. The van der Waals surface area contributed by atoms with E-state index in [4.69, 9.17) is 14.2 Å². The highest BCUT2D eigenvalue weighted by Gasteiger charge is 2.52. The van der Waals surface area contributed by atoms with Crippen LogP contribution in [0.25, 0.3) is 0 Å². The van der Waals surface area contributed by atoms with Crippen LogP contribution in [0, 0.1) is 0 Å². The number of esters is 3. The number of nitrogens with zero attached hydrogens (tertiary/aromatic N) is 3. The standard InChI is InChI=1S/C33H59N3O10/c1-27(2)13-21(14-28(3,4)34(27)41)44-24(37)19-33(40,26(39)46-23-17-31(9,10)36(43)32(11,12)18-23)20-25(38)45-22-15-29(5,6)35(42)30(7,8)16-22/h21-23,40-43H,13-20H2,1-12H3. The van der Waals surface area contributed by atoms with E-state index in [-0.39, 0.29) is 12.8 Å². The summed E-state index contributed by atoms with van der Waals surface area (Å²) in [6.45, 7) is 21.8. The number of hydroxylamine groups is 6. The molecule has 0 unspecified atom stereocenters. The average molecular weight is 658 g/mol. The van der Waals surface area contributed by atoms with Crippen LogP contribution < -0.4 is 0 Å². The zero-order valence-corrected chi connectivity index (χ0v) is 30.0. The Morgan fingerprint density at radius 1 is 0.522 bits per heavy atom. The van der Waals surface area contributed by atoms with Gasteiger partial charge in [-0.25, -0.2) is 4.79 Å². The van der Waals surface area contributed by atoms with Crippen LogP contribution in [0.15, 0.2) is 0 Å². The Hall–Kier alpha value is -1.87. The molecule has 0 atom stereocenters. The fraction of sp³-hybridized carbons (Fsp3) is 0.909. The molecule has 4 N–H and O–H groups in total. The Morgan fingerprint density at radius 2 is 0.739 bits per heavy atom. The molecule has 0 saturated carbocycles. The fourth-order valence-corrected chi connectivity index (χ4v) is 8.19. The van der Waals surface area contributed by atoms with Gasteiger partial charge in [0.2, 0.25) is 0 Å². The second kappa shape index (κ2) is 12.5. The molecule has 3 saturated heterocycles. The van der Waals surface area contributed by atoms with Gasteiger partial charge in [-0.15, -0.1) is 0 Å². The van der Waals surface area contributed by atoms with E-state index in [1.165, 1.54) is 15.2 Å². The quantitative estimate of drug-likeness (QED) is 0.215. The van der Waals surface area contributed by atoms with E-state index in [1.54, 1.807) is 27.7 Å². The average Bonchev–Trinajstić information content (AvgIpc) is 2.82. The van der Waals surface area contributed by atoms with Crippen LogP contribution in [-0.4, -0.2) is 111 Å². The minimum absolute atomic E-state index is 0.247. The van der Waals surface area contributed by atoms with Crippen LogP contribution in [-0.2, 0) is 28.6 Å². The van der Waals surface area contributed by atoms with E-state index in [0.717, 1.165) is 0 Å². The summed E-state index contributed by atoms with van der Waals surface area (Å²) >= 11 is 0. The molecule has 3 heterocycles. The van der Waals surface area contributed by atoms with Crippen molar-refractivity contribution in [1.82, 2.24) is 15.2 Å². The van der Waals surface area contributed by atoms with Crippen LogP contribution in [0.2, 0.25) is 0 Å². The van der Waals surface area contributed by atoms with Gasteiger partial charge in [-0.05, 0) is 83.1 Å². The largest absolute Gasteiger partial charge is 0.462 e. The highest BCUT2D eigenvalue weighted by Crippen LogP contribution is 2.41. The van der Waals surface area contributed by atoms with Gasteiger partial charge >= 0.3 is 17.9 Å². The van der Waals surface area contributed by atoms with Gasteiger partial charge in [0.05, 0.1) is 12.8 Å². The SMILES string of the molecule is CC1(C)CC(OC(=O)CC(O)(CC(=O)OC2CC(C)(C)N(O)C(C)(C)C2)C(=O)OC2CC(C)(C)N(O)C(C)(C)C2)CC(C)(C)N1O. The molecule has 0 aromatic heterocycles. The number of ether oxygens (including phenoxy) is 3. The van der Waals surface area contributed by atoms with Crippen molar-refractivity contribution in [2.24, 2.45) is 0 Å². The minimum atomic E-state index is -2.59. The Balaban J connectivity index is 1.82. The minimum Gasteiger partial charge on any atom is -0.462 e. The summed E-state index contributed by atoms with van der Waals surface area (Å²) in [5.41, 5.74) is -6.95. The van der Waals surface area contributed by atoms with Crippen LogP contribution in [0.3, 0.4) is 0 Å². The maximum Gasteiger partial charge on any atom is 0.339 e. The molecule has 0 aromatic rings. The molecule has 3 fully saturated rings. The van der Waals surface area contributed by atoms with Crippen LogP contribution in [0.1, 0.15) is 134 Å². The zero-order chi connectivity index (χ0) is 35.5. The molecule has 0 aliphatic carbocycles. The van der Waals surface area contributed by atoms with Gasteiger partial charge in [0.1, 0.15) is 18.3 Å². The Morgan fingerprint density at radius 3 is 0.978 bits per heavy atom. The van der Waals surface area contributed by atoms with Gasteiger partial charge in [-0.1, -0.05) is 0 Å². The summed E-state index contributed by atoms with van der Waals surface area (Å²) in [6.07, 6.45) is -1.91. The number of aliphatic hydroxyl groups is 1. The topological polar surface area (TPSA) is 170 Å². The van der Waals surface area contributed by atoms with Crippen molar-refractivity contribution >= 4 is 17.9 Å². The molecule has 0 radical (unpaired) electrons. The second-order valence-electron chi connectivity index (χ2n) is 17.7. The fourth-order valence-electron chi connectivity index (χ4n) is 8.19. The molecule has 13 heteroatoms. The maximum atomic E-state index is 13.7. The van der Waals surface area contributed by atoms with Crippen molar-refractivity contribution in [3.05, 3.63) is 0 Å². The summed E-state index contributed by atoms with van der Waals surface area (Å²) < 4.78 is 17.3. The lowest BCUT2D eigenvalue weighted by molar-refractivity contribution is -0.263. The van der Waals surface area contributed by atoms with Crippen LogP contribution in [0.5, 0.6) is 0 Å². The van der Waals surface area contributed by atoms with Gasteiger partial charge in [-0.2, -0.15) is 15.2 Å². The van der Waals surface area contributed by atoms with Crippen molar-refractivity contribution in [2.75, 3.05) is 0 Å². The smallest absolute Gasteiger partial charge is 0.339 e. The van der Waals surface area contributed by atoms with Gasteiger partial charge < -0.3 is 34.9 Å². The van der Waals surface area contributed by atoms with Crippen molar-refractivity contribution in [1.29, 1.82) is 0 Å². The molecule has 0 bridgehead atoms. The zero-order valence-electron chi connectivity index (χ0n) is 30.0. The lowest BCUT2D eigenvalue weighted by Crippen LogP contribution is -2.61. The highest BCUT2D eigenvalue weighted by atomic mass is 16.6. The molecule has 3 aliphatic heterocycles. The van der Waals surface area contributed by atoms with Crippen LogP contribution in [0.4, 0.5) is 0 Å². The highest BCUT2D eigenvalue weighted by molar-refractivity contribution is 5.90. The third kappa shape index (κ3) is 8.40. The van der Waals surface area contributed by atoms with Gasteiger partial charge in [0.25, 0.3) is 0 Å². The number of carbonyl (C=O) groups excluding carboxylic acids is 3. The van der Waals surface area contributed by atoms with E-state index in [0.29, 0.717) is 25.7 Å². The number of hydrogen-bond acceptors (Lipinski definition) is 13. The molecule has 3 aliphatic rings. The van der Waals surface area contributed by atoms with Gasteiger partial charge in [-0.3, -0.25) is 9.59 Å². The number of hydrogen-bond donors (Lipinski definition) is 4. The summed E-state index contributed by atoms with van der Waals surface area (Å²) in [5, 5.41) is 47.5. The molecule has 0 aromatic carbocycles. The van der Waals surface area contributed by atoms with Crippen molar-refractivity contribution in [3.63, 3.8) is 0 Å². The Labute approximate surface area is 274 Å². The number of carbonyl (C=O) groups is 3. The Kier molecular flexibility index (Phi) is 10.5. The van der Waals surface area contributed by atoms with E-state index in [2.05, 4.69) is 0 Å². The molecule has 0 amide bonds. The molecular formula is C33H59N3O10. The first-order chi connectivity index (χ1) is 20.5. The Bertz CT molecular complexity index is 1050. The molecule has 13 nitrogen and oxygen atoms in total. The lowest BCUT2D eigenvalue weighted by atomic mass is 9.80. The lowest BCUT2D eigenvalue weighted by Gasteiger charge is -2.51. The van der Waals surface area contributed by atoms with E-state index in [9.17, 15) is 35.1 Å². The maximum absolute atomic E-state index is 13.7. The third-order valence-corrected chi connectivity index (χ3v) is 9.93. The van der Waals surface area contributed by atoms with E-state index in [1.807, 2.05) is 55.4 Å². The second-order valence-corrected chi connectivity index (χ2v) is 17.7. The first-order valence-electron chi connectivity index (χ1n) is 16.3. The van der Waals surface area contributed by atoms with E-state index < -0.39 is 87.9 Å². The molecule has 3 rings (SSSR count). The first kappa shape index (κ1) is 38.6. The first-order valence-corrected chi connectivity index (χ1v) is 16.3. The number of piperidine rings is 3.